The van der Waals surface area contributed by atoms with Crippen molar-refractivity contribution in [3.05, 3.63) is 76.5 Å². The molecule has 27 heavy (non-hydrogen) atoms. The second-order valence-corrected chi connectivity index (χ2v) is 6.70. The zero-order valence-corrected chi connectivity index (χ0v) is 15.4. The Bertz CT molecular complexity index is 1040. The molecule has 7 nitrogen and oxygen atoms in total. The van der Waals surface area contributed by atoms with E-state index in [0.29, 0.717) is 11.5 Å². The molecule has 0 aliphatic carbocycles. The highest BCUT2D eigenvalue weighted by molar-refractivity contribution is 6.06. The second kappa shape index (κ2) is 6.68. The van der Waals surface area contributed by atoms with Gasteiger partial charge in [0.25, 0.3) is 5.91 Å². The largest absolute Gasteiger partial charge is 0.326 e. The lowest BCUT2D eigenvalue weighted by Crippen LogP contribution is -2.31. The number of tetrazole rings is 1. The van der Waals surface area contributed by atoms with E-state index in [-0.39, 0.29) is 5.91 Å². The van der Waals surface area contributed by atoms with E-state index in [1.807, 2.05) is 69.3 Å². The Labute approximate surface area is 157 Å². The minimum Gasteiger partial charge on any atom is -0.326 e. The number of hydrogen-bond acceptors (Lipinski definition) is 5. The highest BCUT2D eigenvalue weighted by Crippen LogP contribution is 2.34. The number of nitrogens with one attached hydrogen (secondary N) is 2. The summed E-state index contributed by atoms with van der Waals surface area (Å²) < 4.78 is 1.64. The van der Waals surface area contributed by atoms with Gasteiger partial charge in [0.15, 0.2) is 0 Å². The number of anilines is 2. The van der Waals surface area contributed by atoms with Crippen LogP contribution in [0.2, 0.25) is 0 Å². The van der Waals surface area contributed by atoms with Gasteiger partial charge < -0.3 is 10.6 Å². The Morgan fingerprint density at radius 3 is 2.63 bits per heavy atom. The molecule has 2 aromatic carbocycles. The maximum absolute atomic E-state index is 13.2. The van der Waals surface area contributed by atoms with E-state index in [4.69, 9.17) is 0 Å². The fourth-order valence-electron chi connectivity index (χ4n) is 3.39. The van der Waals surface area contributed by atoms with Gasteiger partial charge in [-0.25, -0.2) is 0 Å². The molecule has 1 aliphatic rings. The lowest BCUT2D eigenvalue weighted by molar-refractivity contribution is -0.113. The predicted molar refractivity (Wildman–Crippen MR) is 103 cm³/mol. The third-order valence-electron chi connectivity index (χ3n) is 4.70. The number of amides is 1. The summed E-state index contributed by atoms with van der Waals surface area (Å²) in [5.74, 6) is 0.339. The summed E-state index contributed by atoms with van der Waals surface area (Å²) in [5.41, 5.74) is 5.22. The van der Waals surface area contributed by atoms with E-state index in [1.165, 1.54) is 0 Å². The van der Waals surface area contributed by atoms with Gasteiger partial charge in [-0.1, -0.05) is 53.1 Å². The molecule has 0 unspecified atom stereocenters. The van der Waals surface area contributed by atoms with Gasteiger partial charge in [-0.2, -0.15) is 4.68 Å². The van der Waals surface area contributed by atoms with E-state index in [9.17, 15) is 4.79 Å². The molecule has 1 amide bonds. The number of aryl methyl sites for hydroxylation is 2. The lowest BCUT2D eigenvalue weighted by atomic mass is 9.95. The Balaban J connectivity index is 1.75. The molecule has 4 rings (SSSR count). The quantitative estimate of drug-likeness (QED) is 0.749. The summed E-state index contributed by atoms with van der Waals surface area (Å²) in [5, 5.41) is 18.0. The van der Waals surface area contributed by atoms with Crippen LogP contribution in [0.5, 0.6) is 0 Å². The number of fused-ring (bicyclic) bond motifs is 1. The van der Waals surface area contributed by atoms with Crippen molar-refractivity contribution in [2.24, 2.45) is 0 Å². The smallest absolute Gasteiger partial charge is 0.255 e. The fraction of sp³-hybridized carbons (Fsp3) is 0.200. The number of aromatic nitrogens is 4. The topological polar surface area (TPSA) is 84.7 Å². The Hall–Kier alpha value is -3.48. The first-order valence-corrected chi connectivity index (χ1v) is 8.74. The third kappa shape index (κ3) is 3.08. The van der Waals surface area contributed by atoms with Crippen LogP contribution in [0.25, 0.3) is 0 Å². The van der Waals surface area contributed by atoms with Crippen LogP contribution in [0.3, 0.4) is 0 Å². The van der Waals surface area contributed by atoms with Crippen LogP contribution >= 0.6 is 0 Å². The van der Waals surface area contributed by atoms with Crippen LogP contribution in [-0.2, 0) is 4.79 Å². The maximum Gasteiger partial charge on any atom is 0.255 e. The average molecular weight is 360 g/mol. The summed E-state index contributed by atoms with van der Waals surface area (Å²) in [6, 6.07) is 15.3. The van der Waals surface area contributed by atoms with Crippen molar-refractivity contribution < 1.29 is 4.79 Å². The van der Waals surface area contributed by atoms with E-state index in [2.05, 4.69) is 26.2 Å². The van der Waals surface area contributed by atoms with Gasteiger partial charge in [0.1, 0.15) is 6.04 Å². The van der Waals surface area contributed by atoms with E-state index >= 15 is 0 Å². The summed E-state index contributed by atoms with van der Waals surface area (Å²) in [6.45, 7) is 5.88. The summed E-state index contributed by atoms with van der Waals surface area (Å²) >= 11 is 0. The molecule has 1 aromatic heterocycles. The van der Waals surface area contributed by atoms with E-state index in [1.54, 1.807) is 4.68 Å². The Morgan fingerprint density at radius 2 is 1.89 bits per heavy atom. The number of nitrogens with zero attached hydrogens (tertiary/aromatic N) is 4. The van der Waals surface area contributed by atoms with Crippen molar-refractivity contribution in [2.45, 2.75) is 26.8 Å². The van der Waals surface area contributed by atoms with Gasteiger partial charge in [0.2, 0.25) is 5.95 Å². The van der Waals surface area contributed by atoms with Crippen molar-refractivity contribution >= 4 is 17.5 Å². The van der Waals surface area contributed by atoms with Crippen molar-refractivity contribution in [1.29, 1.82) is 0 Å². The molecule has 0 spiro atoms. The molecule has 1 atom stereocenters. The zero-order chi connectivity index (χ0) is 19.0. The molecular weight excluding hydrogens is 340 g/mol. The number of benzene rings is 2. The van der Waals surface area contributed by atoms with Crippen molar-refractivity contribution in [3.63, 3.8) is 0 Å². The van der Waals surface area contributed by atoms with E-state index < -0.39 is 6.04 Å². The van der Waals surface area contributed by atoms with Crippen LogP contribution in [0.15, 0.2) is 59.8 Å². The number of hydrogen-bond donors (Lipinski definition) is 2. The van der Waals surface area contributed by atoms with Crippen LogP contribution in [0.1, 0.15) is 29.7 Å². The fourth-order valence-corrected chi connectivity index (χ4v) is 3.39. The number of carbonyl (C=O) groups excluding carboxylic acids is 1. The molecule has 2 N–H and O–H groups in total. The van der Waals surface area contributed by atoms with Crippen LogP contribution < -0.4 is 10.6 Å². The van der Waals surface area contributed by atoms with Crippen molar-refractivity contribution in [1.82, 2.24) is 20.2 Å². The van der Waals surface area contributed by atoms with Gasteiger partial charge in [-0.15, -0.1) is 0 Å². The Morgan fingerprint density at radius 1 is 1.11 bits per heavy atom. The van der Waals surface area contributed by atoms with Gasteiger partial charge >= 0.3 is 0 Å². The first-order chi connectivity index (χ1) is 13.0. The monoisotopic (exact) mass is 360 g/mol. The van der Waals surface area contributed by atoms with Gasteiger partial charge in [-0.05, 0) is 48.4 Å². The SMILES string of the molecule is CC1=C(C(=O)Nc2ccc(C)cc2C)[C@H](c2ccccc2)n2nnnc2N1. The van der Waals surface area contributed by atoms with Gasteiger partial charge in [0, 0.05) is 11.4 Å². The first-order valence-electron chi connectivity index (χ1n) is 8.74. The summed E-state index contributed by atoms with van der Waals surface area (Å²) in [6.07, 6.45) is 0. The molecule has 0 saturated carbocycles. The standard InChI is InChI=1S/C20H20N6O/c1-12-9-10-16(13(2)11-12)22-19(27)17-14(3)21-20-23-24-25-26(20)18(17)15-7-5-4-6-8-15/h4-11,18H,1-3H3,(H,22,27)(H,21,23,25)/t18-/m0/s1. The molecule has 7 heteroatoms. The Kier molecular flexibility index (Phi) is 4.19. The highest BCUT2D eigenvalue weighted by atomic mass is 16.1. The molecule has 2 heterocycles. The number of allylic oxidation sites excluding steroid dienone is 1. The normalized spacial score (nSPS) is 15.9. The second-order valence-electron chi connectivity index (χ2n) is 6.70. The van der Waals surface area contributed by atoms with Crippen LogP contribution in [0, 0.1) is 13.8 Å². The van der Waals surface area contributed by atoms with Gasteiger partial charge in [0.05, 0.1) is 5.57 Å². The molecule has 0 fully saturated rings. The minimum absolute atomic E-state index is 0.179. The molecule has 0 saturated heterocycles. The van der Waals surface area contributed by atoms with Crippen LogP contribution in [-0.4, -0.2) is 26.1 Å². The number of carbonyl (C=O) groups is 1. The highest BCUT2D eigenvalue weighted by Gasteiger charge is 2.34. The third-order valence-corrected chi connectivity index (χ3v) is 4.70. The molecule has 1 aliphatic heterocycles. The minimum atomic E-state index is -0.400. The van der Waals surface area contributed by atoms with Crippen molar-refractivity contribution in [2.75, 3.05) is 10.6 Å². The summed E-state index contributed by atoms with van der Waals surface area (Å²) in [7, 11) is 0. The molecule has 0 radical (unpaired) electrons. The molecule has 136 valence electrons. The average Bonchev–Trinajstić information content (AvgIpc) is 3.11. The van der Waals surface area contributed by atoms with Crippen molar-refractivity contribution in [3.8, 4) is 0 Å². The molecule has 3 aromatic rings. The lowest BCUT2D eigenvalue weighted by Gasteiger charge is -2.28. The predicted octanol–water partition coefficient (Wildman–Crippen LogP) is 3.22. The zero-order valence-electron chi connectivity index (χ0n) is 15.4. The first kappa shape index (κ1) is 17.0. The van der Waals surface area contributed by atoms with Gasteiger partial charge in [-0.3, -0.25) is 4.79 Å². The molecular formula is C20H20N6O. The summed E-state index contributed by atoms with van der Waals surface area (Å²) in [4.78, 5) is 13.2. The maximum atomic E-state index is 13.2. The van der Waals surface area contributed by atoms with Crippen LogP contribution in [0.4, 0.5) is 11.6 Å². The molecule has 0 bridgehead atoms. The number of rotatable bonds is 3. The van der Waals surface area contributed by atoms with E-state index in [0.717, 1.165) is 28.1 Å².